The molecule has 3 aromatic carbocycles. The zero-order valence-electron chi connectivity index (χ0n) is 23.4. The smallest absolute Gasteiger partial charge is 0.336 e. The van der Waals surface area contributed by atoms with Gasteiger partial charge < -0.3 is 30.9 Å². The Morgan fingerprint density at radius 3 is 2.44 bits per heavy atom. The van der Waals surface area contributed by atoms with Gasteiger partial charge in [-0.2, -0.15) is 0 Å². The van der Waals surface area contributed by atoms with E-state index in [1.54, 1.807) is 25.1 Å². The summed E-state index contributed by atoms with van der Waals surface area (Å²) in [7, 11) is 2.14. The number of nitrogens with one attached hydrogen (secondary N) is 3. The van der Waals surface area contributed by atoms with Gasteiger partial charge in [-0.25, -0.2) is 4.79 Å². The fourth-order valence-electron chi connectivity index (χ4n) is 5.29. The van der Waals surface area contributed by atoms with Gasteiger partial charge in [0.05, 0.1) is 22.5 Å². The first-order valence-corrected chi connectivity index (χ1v) is 13.9. The van der Waals surface area contributed by atoms with Gasteiger partial charge in [0, 0.05) is 43.0 Å². The van der Waals surface area contributed by atoms with E-state index in [4.69, 9.17) is 0 Å². The minimum atomic E-state index is -1.04. The van der Waals surface area contributed by atoms with Crippen LogP contribution in [0.15, 0.2) is 66.7 Å². The molecule has 1 fully saturated rings. The van der Waals surface area contributed by atoms with Crippen LogP contribution in [0.2, 0.25) is 0 Å². The van der Waals surface area contributed by atoms with Crippen LogP contribution in [0, 0.1) is 6.92 Å². The summed E-state index contributed by atoms with van der Waals surface area (Å²) in [4.78, 5) is 42.4. The number of carbonyl (C=O) groups is 3. The molecule has 0 radical (unpaired) electrons. The van der Waals surface area contributed by atoms with Crippen molar-refractivity contribution in [1.29, 1.82) is 0 Å². The Labute approximate surface area is 239 Å². The van der Waals surface area contributed by atoms with Crippen LogP contribution in [0.25, 0.3) is 11.3 Å². The van der Waals surface area contributed by atoms with E-state index >= 15 is 0 Å². The molecule has 0 spiro atoms. The fraction of sp³-hybridized carbons (Fsp3) is 0.281. The number of hydrogen-bond acceptors (Lipinski definition) is 6. The Morgan fingerprint density at radius 1 is 0.951 bits per heavy atom. The SMILES string of the molecule is Cc1cc2c(cc1C(=O)O)NC(=O)C2=C(Nc1ccc(C(=O)NCCN2CCCN(C)CC2)cc1)c1ccccc1. The standard InChI is InChI=1S/C32H35N5O4/c1-21-19-26-27(20-25(21)32(40)41)35-31(39)28(26)29(22-7-4-3-5-8-22)34-24-11-9-23(10-12-24)30(38)33-13-16-37-15-6-14-36(2)17-18-37/h3-5,7-12,19-20,34H,6,13-18H2,1-2H3,(H,33,38)(H,35,39)(H,40,41). The molecule has 0 unspecified atom stereocenters. The molecule has 0 aliphatic carbocycles. The Bertz CT molecular complexity index is 1480. The van der Waals surface area contributed by atoms with Crippen LogP contribution in [-0.4, -0.2) is 79.0 Å². The van der Waals surface area contributed by atoms with Crippen LogP contribution in [0.4, 0.5) is 11.4 Å². The number of aryl methyl sites for hydroxylation is 1. The number of carboxylic acid groups (broad SMARTS) is 1. The minimum absolute atomic E-state index is 0.126. The van der Waals surface area contributed by atoms with E-state index in [0.29, 0.717) is 45.9 Å². The minimum Gasteiger partial charge on any atom is -0.478 e. The predicted octanol–water partition coefficient (Wildman–Crippen LogP) is 3.99. The van der Waals surface area contributed by atoms with Gasteiger partial charge in [0.15, 0.2) is 0 Å². The van der Waals surface area contributed by atoms with Crippen LogP contribution in [-0.2, 0) is 4.79 Å². The number of rotatable bonds is 8. The summed E-state index contributed by atoms with van der Waals surface area (Å²) >= 11 is 0. The Morgan fingerprint density at radius 2 is 1.71 bits per heavy atom. The molecule has 5 rings (SSSR count). The lowest BCUT2D eigenvalue weighted by molar-refractivity contribution is -0.110. The maximum atomic E-state index is 13.2. The molecular weight excluding hydrogens is 518 g/mol. The molecule has 0 bridgehead atoms. The topological polar surface area (TPSA) is 114 Å². The Balaban J connectivity index is 1.34. The van der Waals surface area contributed by atoms with Crippen molar-refractivity contribution in [1.82, 2.24) is 15.1 Å². The lowest BCUT2D eigenvalue weighted by Crippen LogP contribution is -2.36. The van der Waals surface area contributed by atoms with Gasteiger partial charge >= 0.3 is 5.97 Å². The summed E-state index contributed by atoms with van der Waals surface area (Å²) < 4.78 is 0. The molecule has 9 heteroatoms. The molecule has 0 aromatic heterocycles. The van der Waals surface area contributed by atoms with Gasteiger partial charge in [-0.3, -0.25) is 9.59 Å². The van der Waals surface area contributed by atoms with Crippen molar-refractivity contribution in [2.24, 2.45) is 0 Å². The molecule has 2 aliphatic heterocycles. The highest BCUT2D eigenvalue weighted by Crippen LogP contribution is 2.39. The molecule has 4 N–H and O–H groups in total. The van der Waals surface area contributed by atoms with Crippen molar-refractivity contribution < 1.29 is 19.5 Å². The summed E-state index contributed by atoms with van der Waals surface area (Å²) in [6.45, 7) is 7.33. The van der Waals surface area contributed by atoms with Gasteiger partial charge in [-0.15, -0.1) is 0 Å². The number of carbonyl (C=O) groups excluding carboxylic acids is 2. The molecule has 3 aromatic rings. The van der Waals surface area contributed by atoms with E-state index in [1.165, 1.54) is 6.07 Å². The number of nitrogens with zero attached hydrogens (tertiary/aromatic N) is 2. The monoisotopic (exact) mass is 553 g/mol. The number of hydrogen-bond donors (Lipinski definition) is 4. The van der Waals surface area contributed by atoms with E-state index in [-0.39, 0.29) is 17.4 Å². The van der Waals surface area contributed by atoms with Gasteiger partial charge in [0.1, 0.15) is 0 Å². The normalized spacial score (nSPS) is 16.9. The van der Waals surface area contributed by atoms with E-state index in [1.807, 2.05) is 42.5 Å². The van der Waals surface area contributed by atoms with Crippen molar-refractivity contribution >= 4 is 40.4 Å². The van der Waals surface area contributed by atoms with Crippen LogP contribution < -0.4 is 16.0 Å². The van der Waals surface area contributed by atoms with Crippen LogP contribution in [0.3, 0.4) is 0 Å². The zero-order valence-corrected chi connectivity index (χ0v) is 23.4. The second-order valence-electron chi connectivity index (χ2n) is 10.5. The highest BCUT2D eigenvalue weighted by molar-refractivity contribution is 6.37. The number of amides is 2. The van der Waals surface area contributed by atoms with Crippen LogP contribution >= 0.6 is 0 Å². The zero-order chi connectivity index (χ0) is 28.9. The summed E-state index contributed by atoms with van der Waals surface area (Å²) in [6.07, 6.45) is 1.14. The van der Waals surface area contributed by atoms with Gasteiger partial charge in [-0.05, 0) is 81.0 Å². The third-order valence-corrected chi connectivity index (χ3v) is 7.59. The quantitative estimate of drug-likeness (QED) is 0.312. The number of carboxylic acids is 1. The maximum absolute atomic E-state index is 13.2. The van der Waals surface area contributed by atoms with Crippen molar-refractivity contribution in [3.63, 3.8) is 0 Å². The summed E-state index contributed by atoms with van der Waals surface area (Å²) in [6, 6.07) is 19.9. The van der Waals surface area contributed by atoms with Gasteiger partial charge in [0.25, 0.3) is 11.8 Å². The second kappa shape index (κ2) is 12.4. The molecule has 2 aliphatic rings. The van der Waals surface area contributed by atoms with Crippen molar-refractivity contribution in [3.05, 3.63) is 94.5 Å². The molecule has 0 atom stereocenters. The van der Waals surface area contributed by atoms with E-state index in [2.05, 4.69) is 32.8 Å². The molecule has 41 heavy (non-hydrogen) atoms. The molecular formula is C32H35N5O4. The van der Waals surface area contributed by atoms with Crippen molar-refractivity contribution in [3.8, 4) is 0 Å². The second-order valence-corrected chi connectivity index (χ2v) is 10.5. The van der Waals surface area contributed by atoms with Gasteiger partial charge in [0.2, 0.25) is 0 Å². The molecule has 2 heterocycles. The fourth-order valence-corrected chi connectivity index (χ4v) is 5.29. The van der Waals surface area contributed by atoms with E-state index in [9.17, 15) is 19.5 Å². The van der Waals surface area contributed by atoms with Crippen molar-refractivity contribution in [2.75, 3.05) is 56.9 Å². The summed E-state index contributed by atoms with van der Waals surface area (Å²) in [5, 5.41) is 18.8. The largest absolute Gasteiger partial charge is 0.478 e. The first-order valence-electron chi connectivity index (χ1n) is 13.9. The number of aromatic carboxylic acids is 1. The molecule has 1 saturated heterocycles. The average Bonchev–Trinajstić information content (AvgIpc) is 3.12. The van der Waals surface area contributed by atoms with Crippen molar-refractivity contribution in [2.45, 2.75) is 13.3 Å². The molecule has 2 amide bonds. The third kappa shape index (κ3) is 6.48. The lowest BCUT2D eigenvalue weighted by Gasteiger charge is -2.20. The molecule has 212 valence electrons. The van der Waals surface area contributed by atoms with E-state index < -0.39 is 5.97 Å². The Kier molecular flexibility index (Phi) is 8.47. The third-order valence-electron chi connectivity index (χ3n) is 7.59. The average molecular weight is 554 g/mol. The lowest BCUT2D eigenvalue weighted by atomic mass is 9.96. The number of benzene rings is 3. The maximum Gasteiger partial charge on any atom is 0.336 e. The summed E-state index contributed by atoms with van der Waals surface area (Å²) in [5.41, 5.74) is 4.88. The van der Waals surface area contributed by atoms with Gasteiger partial charge in [-0.1, -0.05) is 30.3 Å². The predicted molar refractivity (Wildman–Crippen MR) is 161 cm³/mol. The molecule has 9 nitrogen and oxygen atoms in total. The highest BCUT2D eigenvalue weighted by Gasteiger charge is 2.30. The first kappa shape index (κ1) is 28.1. The summed E-state index contributed by atoms with van der Waals surface area (Å²) in [5.74, 6) is -1.49. The Hall–Kier alpha value is -4.47. The first-order chi connectivity index (χ1) is 19.8. The number of fused-ring (bicyclic) bond motifs is 1. The molecule has 0 saturated carbocycles. The highest BCUT2D eigenvalue weighted by atomic mass is 16.4. The number of anilines is 2. The van der Waals surface area contributed by atoms with Crippen LogP contribution in [0.1, 0.15) is 43.8 Å². The van der Waals surface area contributed by atoms with Crippen LogP contribution in [0.5, 0.6) is 0 Å². The number of likely N-dealkylation sites (N-methyl/N-ethyl adjacent to an activating group) is 1. The van der Waals surface area contributed by atoms with E-state index in [0.717, 1.165) is 44.7 Å².